The van der Waals surface area contributed by atoms with E-state index in [1.165, 1.54) is 0 Å². The second-order valence-electron chi connectivity index (χ2n) is 7.61. The van der Waals surface area contributed by atoms with Crippen LogP contribution in [0.1, 0.15) is 25.7 Å². The number of nitrogens with zero attached hydrogens (tertiary/aromatic N) is 2. The van der Waals surface area contributed by atoms with E-state index in [2.05, 4.69) is 10.2 Å². The molecule has 2 N–H and O–H groups in total. The molecule has 29 heavy (non-hydrogen) atoms. The maximum atomic E-state index is 12.3. The molecular weight excluding hydrogens is 378 g/mol. The predicted octanol–water partition coefficient (Wildman–Crippen LogP) is 0.802. The van der Waals surface area contributed by atoms with E-state index in [0.29, 0.717) is 23.8 Å². The molecule has 0 saturated carbocycles. The van der Waals surface area contributed by atoms with Crippen LogP contribution in [0.4, 0.5) is 11.4 Å². The minimum atomic E-state index is -1.26. The van der Waals surface area contributed by atoms with E-state index in [0.717, 1.165) is 31.6 Å². The number of hydrogen-bond donors (Lipinski definition) is 2. The van der Waals surface area contributed by atoms with Gasteiger partial charge in [0.15, 0.2) is 12.0 Å². The highest BCUT2D eigenvalue weighted by Gasteiger charge is 2.42. The van der Waals surface area contributed by atoms with Crippen molar-refractivity contribution in [3.63, 3.8) is 0 Å². The fourth-order valence-electron chi connectivity index (χ4n) is 4.53. The third-order valence-corrected chi connectivity index (χ3v) is 5.99. The Balaban J connectivity index is 1.53. The number of aliphatic hydroxyl groups excluding tert-OH is 1. The van der Waals surface area contributed by atoms with Gasteiger partial charge in [-0.15, -0.1) is 0 Å². The lowest BCUT2D eigenvalue weighted by Crippen LogP contribution is -2.55. The quantitative estimate of drug-likeness (QED) is 0.548. The summed E-state index contributed by atoms with van der Waals surface area (Å²) >= 11 is 0. The van der Waals surface area contributed by atoms with Gasteiger partial charge in [0.05, 0.1) is 11.4 Å². The van der Waals surface area contributed by atoms with Crippen molar-refractivity contribution in [2.24, 2.45) is 5.92 Å². The highest BCUT2D eigenvalue weighted by atomic mass is 16.7. The number of benzene rings is 1. The lowest BCUT2D eigenvalue weighted by Gasteiger charge is -2.36. The van der Waals surface area contributed by atoms with Gasteiger partial charge < -0.3 is 24.2 Å². The Labute approximate surface area is 169 Å². The molecule has 2 unspecified atom stereocenters. The molecule has 9 heteroatoms. The number of amides is 2. The predicted molar refractivity (Wildman–Crippen MR) is 104 cm³/mol. The van der Waals surface area contributed by atoms with Gasteiger partial charge in [-0.2, -0.15) is 0 Å². The maximum absolute atomic E-state index is 12.3. The van der Waals surface area contributed by atoms with Gasteiger partial charge in [-0.25, -0.2) is 0 Å². The number of rotatable bonds is 5. The van der Waals surface area contributed by atoms with Crippen LogP contribution in [0.15, 0.2) is 18.2 Å². The Morgan fingerprint density at radius 3 is 2.48 bits per heavy atom. The first kappa shape index (κ1) is 19.9. The number of nitrogens with one attached hydrogen (secondary N) is 1. The molecule has 1 aromatic carbocycles. The first-order chi connectivity index (χ1) is 14.0. The number of piperidine rings is 2. The molecule has 158 valence electrons. The molecule has 2 fully saturated rings. The van der Waals surface area contributed by atoms with Crippen molar-refractivity contribution in [1.82, 2.24) is 5.32 Å². The summed E-state index contributed by atoms with van der Waals surface area (Å²) in [5.74, 6) is 0.193. The molecular formula is C20H27N3O6. The number of carbonyl (C=O) groups is 2. The van der Waals surface area contributed by atoms with Gasteiger partial charge in [-0.3, -0.25) is 19.8 Å². The molecule has 2 atom stereocenters. The zero-order chi connectivity index (χ0) is 20.5. The summed E-state index contributed by atoms with van der Waals surface area (Å²) in [4.78, 5) is 27.6. The fraction of sp³-hybridized carbons (Fsp3) is 0.600. The maximum Gasteiger partial charge on any atom is 0.282 e. The summed E-state index contributed by atoms with van der Waals surface area (Å²) in [5, 5.41) is 12.9. The van der Waals surface area contributed by atoms with Gasteiger partial charge in [0.2, 0.25) is 11.8 Å². The zero-order valence-corrected chi connectivity index (χ0v) is 16.7. The third-order valence-electron chi connectivity index (χ3n) is 5.99. The van der Waals surface area contributed by atoms with E-state index in [9.17, 15) is 14.7 Å². The van der Waals surface area contributed by atoms with Crippen LogP contribution in [-0.2, 0) is 19.1 Å². The molecule has 3 heterocycles. The minimum Gasteiger partial charge on any atom is -0.442 e. The average Bonchev–Trinajstić information content (AvgIpc) is 3.05. The van der Waals surface area contributed by atoms with E-state index < -0.39 is 18.4 Å². The Morgan fingerprint density at radius 1 is 1.14 bits per heavy atom. The Hall–Kier alpha value is -2.36. The highest BCUT2D eigenvalue weighted by molar-refractivity contribution is 6.02. The van der Waals surface area contributed by atoms with Gasteiger partial charge in [0.25, 0.3) is 6.41 Å². The molecule has 0 bridgehead atoms. The van der Waals surface area contributed by atoms with Crippen molar-refractivity contribution in [2.75, 3.05) is 37.1 Å². The molecule has 9 nitrogen and oxygen atoms in total. The highest BCUT2D eigenvalue weighted by Crippen LogP contribution is 2.46. The van der Waals surface area contributed by atoms with Gasteiger partial charge in [0.1, 0.15) is 6.04 Å². The van der Waals surface area contributed by atoms with E-state index in [1.807, 2.05) is 18.2 Å². The second-order valence-corrected chi connectivity index (χ2v) is 7.61. The second kappa shape index (κ2) is 8.17. The zero-order valence-electron chi connectivity index (χ0n) is 16.7. The first-order valence-corrected chi connectivity index (χ1v) is 9.93. The van der Waals surface area contributed by atoms with Crippen molar-refractivity contribution in [1.29, 1.82) is 0 Å². The monoisotopic (exact) mass is 405 g/mol. The standard InChI is InChI=1S/C20H27N3O6/c1-27-19(28-2)12-8-10-22(11-9-12)13-4-3-5-14-17(13)29-20(26)23(14)15-6-7-16(24)21-18(15)25/h3-5,12,15,19-20,26H,6-11H2,1-2H3,(H,21,24,25). The van der Waals surface area contributed by atoms with E-state index in [4.69, 9.17) is 14.2 Å². The molecule has 2 saturated heterocycles. The van der Waals surface area contributed by atoms with Crippen molar-refractivity contribution in [3.8, 4) is 5.75 Å². The third kappa shape index (κ3) is 3.65. The Bertz CT molecular complexity index is 775. The number of ether oxygens (including phenoxy) is 3. The SMILES string of the molecule is COC(OC)C1CCN(c2cccc3c2OC(O)N3C2CCC(=O)NC2=O)CC1. The van der Waals surface area contributed by atoms with Gasteiger partial charge in [-0.05, 0) is 31.4 Å². The number of hydrogen-bond acceptors (Lipinski definition) is 8. The number of carbonyl (C=O) groups excluding carboxylic acids is 2. The summed E-state index contributed by atoms with van der Waals surface area (Å²) in [5.41, 5.74) is 1.56. The van der Waals surface area contributed by atoms with Crippen LogP contribution in [0, 0.1) is 5.92 Å². The molecule has 1 aromatic rings. The van der Waals surface area contributed by atoms with Crippen LogP contribution >= 0.6 is 0 Å². The summed E-state index contributed by atoms with van der Waals surface area (Å²) < 4.78 is 16.6. The number of methoxy groups -OCH3 is 2. The smallest absolute Gasteiger partial charge is 0.282 e. The van der Waals surface area contributed by atoms with Crippen LogP contribution < -0.4 is 19.9 Å². The van der Waals surface area contributed by atoms with Crippen molar-refractivity contribution in [3.05, 3.63) is 18.2 Å². The van der Waals surface area contributed by atoms with Gasteiger partial charge in [-0.1, -0.05) is 6.07 Å². The van der Waals surface area contributed by atoms with Gasteiger partial charge in [0, 0.05) is 39.6 Å². The van der Waals surface area contributed by atoms with Crippen LogP contribution in [0.25, 0.3) is 0 Å². The largest absolute Gasteiger partial charge is 0.442 e. The Morgan fingerprint density at radius 2 is 1.83 bits per heavy atom. The first-order valence-electron chi connectivity index (χ1n) is 9.93. The topological polar surface area (TPSA) is 101 Å². The summed E-state index contributed by atoms with van der Waals surface area (Å²) in [6.45, 7) is 1.62. The molecule has 0 spiro atoms. The summed E-state index contributed by atoms with van der Waals surface area (Å²) in [7, 11) is 3.31. The molecule has 2 amide bonds. The van der Waals surface area contributed by atoms with Crippen molar-refractivity contribution < 1.29 is 28.9 Å². The fourth-order valence-corrected chi connectivity index (χ4v) is 4.53. The summed E-state index contributed by atoms with van der Waals surface area (Å²) in [6, 6.07) is 5.05. The number of aliphatic hydroxyl groups is 1. The lowest BCUT2D eigenvalue weighted by atomic mass is 9.95. The molecule has 0 aromatic heterocycles. The van der Waals surface area contributed by atoms with Crippen LogP contribution in [-0.4, -0.2) is 63.0 Å². The average molecular weight is 405 g/mol. The normalized spacial score (nSPS) is 25.2. The van der Waals surface area contributed by atoms with Crippen molar-refractivity contribution in [2.45, 2.75) is 44.4 Å². The van der Waals surface area contributed by atoms with E-state index in [1.54, 1.807) is 19.1 Å². The Kier molecular flexibility index (Phi) is 5.62. The van der Waals surface area contributed by atoms with E-state index >= 15 is 0 Å². The molecule has 4 rings (SSSR count). The van der Waals surface area contributed by atoms with Crippen LogP contribution in [0.5, 0.6) is 5.75 Å². The minimum absolute atomic E-state index is 0.209. The molecule has 3 aliphatic heterocycles. The molecule has 3 aliphatic rings. The number of imide groups is 1. The van der Waals surface area contributed by atoms with Gasteiger partial charge >= 0.3 is 0 Å². The summed E-state index contributed by atoms with van der Waals surface area (Å²) in [6.07, 6.45) is 0.932. The number of anilines is 2. The molecule has 0 radical (unpaired) electrons. The van der Waals surface area contributed by atoms with E-state index in [-0.39, 0.29) is 18.6 Å². The lowest BCUT2D eigenvalue weighted by molar-refractivity contribution is -0.141. The van der Waals surface area contributed by atoms with Crippen molar-refractivity contribution >= 4 is 23.2 Å². The molecule has 0 aliphatic carbocycles. The number of para-hydroxylation sites is 1. The number of fused-ring (bicyclic) bond motifs is 1. The van der Waals surface area contributed by atoms with Crippen LogP contribution in [0.2, 0.25) is 0 Å². The van der Waals surface area contributed by atoms with Crippen LogP contribution in [0.3, 0.4) is 0 Å².